The lowest BCUT2D eigenvalue weighted by atomic mass is 10.0. The third kappa shape index (κ3) is 45.8. The van der Waals surface area contributed by atoms with Crippen LogP contribution in [0, 0.1) is 0 Å². The Morgan fingerprint density at radius 1 is 0.574 bits per heavy atom. The van der Waals surface area contributed by atoms with Gasteiger partial charge in [-0.2, -0.15) is 0 Å². The van der Waals surface area contributed by atoms with Gasteiger partial charge < -0.3 is 19.8 Å². The number of carbonyl (C=O) groups is 1. The molecule has 354 valence electrons. The summed E-state index contributed by atoms with van der Waals surface area (Å²) in [5.41, 5.74) is 0. The highest BCUT2D eigenvalue weighted by molar-refractivity contribution is 7.47. The van der Waals surface area contributed by atoms with E-state index in [1.54, 1.807) is 6.08 Å². The molecule has 0 saturated carbocycles. The van der Waals surface area contributed by atoms with Gasteiger partial charge in [-0.25, -0.2) is 4.57 Å². The molecule has 0 aromatic carbocycles. The van der Waals surface area contributed by atoms with Gasteiger partial charge in [-0.05, 0) is 70.6 Å². The minimum Gasteiger partial charge on any atom is -0.387 e. The molecule has 9 heteroatoms. The number of unbranched alkanes of at least 4 members (excludes halogenated alkanes) is 21. The van der Waals surface area contributed by atoms with Crippen LogP contribution in [0.25, 0.3) is 0 Å². The monoisotopic (exact) mass is 876 g/mol. The number of amides is 1. The van der Waals surface area contributed by atoms with E-state index in [0.29, 0.717) is 17.4 Å². The average Bonchev–Trinajstić information content (AvgIpc) is 3.21. The first-order chi connectivity index (χ1) is 29.5. The number of aliphatic hydroxyl groups is 1. The Morgan fingerprint density at radius 2 is 1.00 bits per heavy atom. The number of likely N-dealkylation sites (N-methyl/N-ethyl adjacent to an activating group) is 1. The first-order valence-electron chi connectivity index (χ1n) is 24.8. The zero-order chi connectivity index (χ0) is 45.0. The van der Waals surface area contributed by atoms with Crippen LogP contribution in [0.4, 0.5) is 0 Å². The molecule has 0 spiro atoms. The summed E-state index contributed by atoms with van der Waals surface area (Å²) in [6, 6.07) is -0.866. The van der Waals surface area contributed by atoms with Gasteiger partial charge in [-0.3, -0.25) is 13.8 Å². The number of hydrogen-bond acceptors (Lipinski definition) is 5. The summed E-state index contributed by atoms with van der Waals surface area (Å²) in [5.74, 6) is -0.192. The molecule has 0 radical (unpaired) electrons. The van der Waals surface area contributed by atoms with Crippen LogP contribution < -0.4 is 5.32 Å². The van der Waals surface area contributed by atoms with Gasteiger partial charge in [0, 0.05) is 6.42 Å². The lowest BCUT2D eigenvalue weighted by molar-refractivity contribution is -0.870. The molecule has 0 aliphatic rings. The number of nitrogens with one attached hydrogen (secondary N) is 1. The third-order valence-corrected chi connectivity index (χ3v) is 11.6. The zero-order valence-electron chi connectivity index (χ0n) is 40.1. The van der Waals surface area contributed by atoms with Crippen molar-refractivity contribution in [2.24, 2.45) is 0 Å². The molecular weight excluding hydrogens is 780 g/mol. The molecule has 3 N–H and O–H groups in total. The fourth-order valence-corrected chi connectivity index (χ4v) is 7.49. The summed E-state index contributed by atoms with van der Waals surface area (Å²) in [4.78, 5) is 23.2. The predicted octanol–water partition coefficient (Wildman–Crippen LogP) is 14.4. The van der Waals surface area contributed by atoms with Crippen LogP contribution in [0.1, 0.15) is 200 Å². The van der Waals surface area contributed by atoms with Gasteiger partial charge in [0.05, 0.1) is 39.9 Å². The van der Waals surface area contributed by atoms with E-state index in [9.17, 15) is 19.4 Å². The van der Waals surface area contributed by atoms with Gasteiger partial charge in [0.15, 0.2) is 0 Å². The molecular formula is C52H96N2O6P+. The number of aliphatic hydroxyl groups excluding tert-OH is 1. The fourth-order valence-electron chi connectivity index (χ4n) is 6.75. The van der Waals surface area contributed by atoms with Crippen molar-refractivity contribution in [2.45, 2.75) is 212 Å². The van der Waals surface area contributed by atoms with Crippen molar-refractivity contribution in [3.8, 4) is 0 Å². The molecule has 0 saturated heterocycles. The highest BCUT2D eigenvalue weighted by Crippen LogP contribution is 2.43. The smallest absolute Gasteiger partial charge is 0.387 e. The van der Waals surface area contributed by atoms with Crippen molar-refractivity contribution in [3.63, 3.8) is 0 Å². The van der Waals surface area contributed by atoms with E-state index in [4.69, 9.17) is 9.05 Å². The van der Waals surface area contributed by atoms with Gasteiger partial charge >= 0.3 is 7.82 Å². The Morgan fingerprint density at radius 3 is 1.51 bits per heavy atom. The molecule has 0 aromatic heterocycles. The molecule has 1 amide bonds. The maximum Gasteiger partial charge on any atom is 0.472 e. The lowest BCUT2D eigenvalue weighted by Crippen LogP contribution is -2.45. The van der Waals surface area contributed by atoms with Crippen molar-refractivity contribution in [1.82, 2.24) is 5.32 Å². The lowest BCUT2D eigenvalue weighted by Gasteiger charge is -2.25. The van der Waals surface area contributed by atoms with E-state index in [0.717, 1.165) is 64.2 Å². The molecule has 8 nitrogen and oxygen atoms in total. The van der Waals surface area contributed by atoms with Gasteiger partial charge in [0.1, 0.15) is 13.2 Å². The van der Waals surface area contributed by atoms with Gasteiger partial charge in [-0.1, -0.05) is 196 Å². The van der Waals surface area contributed by atoms with Crippen LogP contribution >= 0.6 is 7.82 Å². The highest BCUT2D eigenvalue weighted by atomic mass is 31.2. The minimum absolute atomic E-state index is 0.0531. The summed E-state index contributed by atoms with van der Waals surface area (Å²) in [5, 5.41) is 13.8. The van der Waals surface area contributed by atoms with Crippen molar-refractivity contribution >= 4 is 13.7 Å². The molecule has 0 aliphatic carbocycles. The Bertz CT molecular complexity index is 1220. The SMILES string of the molecule is CC/C=C\C/C=C\C/C=C\C/C=C\CCCCCCCCCCCCCCC(=O)NC(COP(=O)(O)OCC[N+](C)(C)C)C(O)/C=C/CC/C=C/CCCCCCCCCC. The molecule has 0 rings (SSSR count). The molecule has 3 unspecified atom stereocenters. The first-order valence-corrected chi connectivity index (χ1v) is 26.3. The van der Waals surface area contributed by atoms with Crippen LogP contribution in [-0.2, 0) is 18.4 Å². The molecule has 0 bridgehead atoms. The van der Waals surface area contributed by atoms with Crippen LogP contribution in [0.5, 0.6) is 0 Å². The van der Waals surface area contributed by atoms with E-state index in [1.807, 2.05) is 27.2 Å². The fraction of sp³-hybridized carbons (Fsp3) is 0.750. The van der Waals surface area contributed by atoms with E-state index in [1.165, 1.54) is 116 Å². The van der Waals surface area contributed by atoms with Crippen molar-refractivity contribution < 1.29 is 32.9 Å². The van der Waals surface area contributed by atoms with Crippen molar-refractivity contribution in [2.75, 3.05) is 40.9 Å². The standard InChI is InChI=1S/C52H95N2O6P/c1-6-8-10-12-14-16-18-20-22-23-24-25-26-27-28-29-30-31-32-34-36-38-40-42-44-46-52(56)53-50(49-60-61(57,58)59-48-47-54(3,4)5)51(55)45-43-41-39-37-35-33-21-19-17-15-13-11-9-7-2/h8,10,14,16,20,22,24-25,35,37,43,45,50-51,55H,6-7,9,11-13,15,17-19,21,23,26-34,36,38-42,44,46-49H2,1-5H3,(H-,53,56,57,58)/p+1/b10-8-,16-14-,22-20-,25-24-,37-35+,45-43+. The Hall–Kier alpha value is -2.06. The number of hydrogen-bond donors (Lipinski definition) is 3. The van der Waals surface area contributed by atoms with Gasteiger partial charge in [0.2, 0.25) is 5.91 Å². The number of phosphoric acid groups is 1. The summed E-state index contributed by atoms with van der Waals surface area (Å²) in [6.07, 6.45) is 58.4. The number of rotatable bonds is 44. The Labute approximate surface area is 376 Å². The maximum atomic E-state index is 12.9. The quantitative estimate of drug-likeness (QED) is 0.0244. The summed E-state index contributed by atoms with van der Waals surface area (Å²) in [6.45, 7) is 4.66. The topological polar surface area (TPSA) is 105 Å². The van der Waals surface area contributed by atoms with Crippen LogP contribution in [-0.4, -0.2) is 73.4 Å². The largest absolute Gasteiger partial charge is 0.472 e. The summed E-state index contributed by atoms with van der Waals surface area (Å²) < 4.78 is 23.6. The van der Waals surface area contributed by atoms with Crippen molar-refractivity contribution in [1.29, 1.82) is 0 Å². The molecule has 0 aromatic rings. The molecule has 61 heavy (non-hydrogen) atoms. The predicted molar refractivity (Wildman–Crippen MR) is 263 cm³/mol. The van der Waals surface area contributed by atoms with E-state index in [-0.39, 0.29) is 19.1 Å². The molecule has 0 fully saturated rings. The van der Waals surface area contributed by atoms with Crippen LogP contribution in [0.3, 0.4) is 0 Å². The Balaban J connectivity index is 4.29. The van der Waals surface area contributed by atoms with Crippen LogP contribution in [0.15, 0.2) is 72.9 Å². The number of allylic oxidation sites excluding steroid dienone is 11. The molecule has 3 atom stereocenters. The Kier molecular flexibility index (Phi) is 41.7. The van der Waals surface area contributed by atoms with E-state index in [2.05, 4.69) is 79.9 Å². The summed E-state index contributed by atoms with van der Waals surface area (Å²) in [7, 11) is 1.55. The maximum absolute atomic E-state index is 12.9. The summed E-state index contributed by atoms with van der Waals surface area (Å²) >= 11 is 0. The average molecular weight is 876 g/mol. The zero-order valence-corrected chi connectivity index (χ0v) is 41.0. The van der Waals surface area contributed by atoms with Crippen LogP contribution in [0.2, 0.25) is 0 Å². The van der Waals surface area contributed by atoms with E-state index >= 15 is 0 Å². The number of carbonyl (C=O) groups excluding carboxylic acids is 1. The second-order valence-electron chi connectivity index (χ2n) is 17.8. The normalized spacial score (nSPS) is 14.8. The highest BCUT2D eigenvalue weighted by Gasteiger charge is 2.27. The number of quaternary nitrogens is 1. The third-order valence-electron chi connectivity index (χ3n) is 10.7. The molecule has 0 aliphatic heterocycles. The number of nitrogens with zero attached hydrogens (tertiary/aromatic N) is 1. The van der Waals surface area contributed by atoms with Gasteiger partial charge in [-0.15, -0.1) is 0 Å². The van der Waals surface area contributed by atoms with E-state index < -0.39 is 20.0 Å². The first kappa shape index (κ1) is 58.9. The molecule has 0 heterocycles. The second-order valence-corrected chi connectivity index (χ2v) is 19.3. The number of phosphoric ester groups is 1. The van der Waals surface area contributed by atoms with Crippen molar-refractivity contribution in [3.05, 3.63) is 72.9 Å². The second kappa shape index (κ2) is 43.2. The minimum atomic E-state index is -4.35. The van der Waals surface area contributed by atoms with Gasteiger partial charge in [0.25, 0.3) is 0 Å².